The molecule has 0 nitrogen and oxygen atoms in total. The van der Waals surface area contributed by atoms with Gasteiger partial charge in [-0.15, -0.1) is 0 Å². The molecule has 8 aromatic rings. The van der Waals surface area contributed by atoms with Gasteiger partial charge in [-0.05, 0) is 135 Å². The molecule has 3 aliphatic carbocycles. The van der Waals surface area contributed by atoms with Crippen LogP contribution in [0.15, 0.2) is 127 Å². The first-order chi connectivity index (χ1) is 23.5. The highest BCUT2D eigenvalue weighted by molar-refractivity contribution is 6.23. The van der Waals surface area contributed by atoms with Gasteiger partial charge < -0.3 is 0 Å². The molecule has 0 bridgehead atoms. The molecule has 0 atom stereocenters. The Labute approximate surface area is 281 Å². The third-order valence-electron chi connectivity index (χ3n) is 11.9. The lowest BCUT2D eigenvalue weighted by Crippen LogP contribution is -2.15. The molecule has 0 saturated carbocycles. The number of hydrogen-bond acceptors (Lipinski definition) is 0. The highest BCUT2D eigenvalue weighted by atomic mass is 14.4. The summed E-state index contributed by atoms with van der Waals surface area (Å²) in [4.78, 5) is 0. The molecular weight excluding hydrogens is 577 g/mol. The summed E-state index contributed by atoms with van der Waals surface area (Å²) in [7, 11) is 0. The van der Waals surface area contributed by atoms with Crippen LogP contribution in [-0.4, -0.2) is 0 Å². The largest absolute Gasteiger partial charge is 0.0795 e. The van der Waals surface area contributed by atoms with Crippen LogP contribution in [0.3, 0.4) is 0 Å². The fourth-order valence-corrected chi connectivity index (χ4v) is 9.51. The van der Waals surface area contributed by atoms with Crippen molar-refractivity contribution in [2.75, 3.05) is 0 Å². The van der Waals surface area contributed by atoms with Gasteiger partial charge in [-0.25, -0.2) is 0 Å². The Kier molecular flexibility index (Phi) is 5.17. The molecule has 0 fully saturated rings. The minimum absolute atomic E-state index is 0.0829. The van der Waals surface area contributed by atoms with Crippen molar-refractivity contribution in [2.45, 2.75) is 38.5 Å². The summed E-state index contributed by atoms with van der Waals surface area (Å²) in [5.74, 6) is 0. The van der Waals surface area contributed by atoms with E-state index in [0.29, 0.717) is 0 Å². The van der Waals surface area contributed by atoms with Crippen molar-refractivity contribution in [1.82, 2.24) is 0 Å². The molecule has 0 unspecified atom stereocenters. The zero-order valence-electron chi connectivity index (χ0n) is 27.3. The van der Waals surface area contributed by atoms with Crippen LogP contribution in [0.5, 0.6) is 0 Å². The first-order valence-corrected chi connectivity index (χ1v) is 17.4. The van der Waals surface area contributed by atoms with Crippen molar-refractivity contribution >= 4 is 54.7 Å². The van der Waals surface area contributed by atoms with Gasteiger partial charge in [0.05, 0.1) is 0 Å². The third-order valence-corrected chi connectivity index (χ3v) is 11.9. The highest BCUT2D eigenvalue weighted by Gasteiger charge is 2.36. The van der Waals surface area contributed by atoms with Crippen LogP contribution in [0.4, 0.5) is 0 Å². The molecule has 226 valence electrons. The van der Waals surface area contributed by atoms with Gasteiger partial charge >= 0.3 is 0 Å². The third kappa shape index (κ3) is 3.50. The summed E-state index contributed by atoms with van der Waals surface area (Å²) < 4.78 is 0. The van der Waals surface area contributed by atoms with Crippen molar-refractivity contribution in [1.29, 1.82) is 0 Å². The average molecular weight is 611 g/mol. The Hall–Kier alpha value is -5.46. The van der Waals surface area contributed by atoms with E-state index >= 15 is 0 Å². The van der Waals surface area contributed by atoms with E-state index in [2.05, 4.69) is 147 Å². The summed E-state index contributed by atoms with van der Waals surface area (Å²) >= 11 is 0. The molecule has 11 rings (SSSR count). The second kappa shape index (κ2) is 9.33. The van der Waals surface area contributed by atoms with E-state index in [1.165, 1.54) is 110 Å². The number of hydrogen-bond donors (Lipinski definition) is 0. The van der Waals surface area contributed by atoms with Crippen LogP contribution in [0.2, 0.25) is 0 Å². The second-order valence-electron chi connectivity index (χ2n) is 14.8. The molecule has 0 heteroatoms. The topological polar surface area (TPSA) is 0 Å². The predicted molar refractivity (Wildman–Crippen MR) is 205 cm³/mol. The molecule has 0 heterocycles. The minimum Gasteiger partial charge on any atom is -0.0795 e. The SMILES string of the molecule is CC1(C)c2cc(Cc3ccc4ccc5cccc6ccc3c4c56)ccc2-c2ccc(-c3ccc4c5c6c(ccc35)C=CCC6=CC4)cc21. The Balaban J connectivity index is 1.000. The lowest BCUT2D eigenvalue weighted by Gasteiger charge is -2.25. The molecule has 0 amide bonds. The number of rotatable bonds is 3. The van der Waals surface area contributed by atoms with E-state index in [9.17, 15) is 0 Å². The van der Waals surface area contributed by atoms with Gasteiger partial charge in [0, 0.05) is 5.41 Å². The van der Waals surface area contributed by atoms with E-state index in [0.717, 1.165) is 19.3 Å². The summed E-state index contributed by atoms with van der Waals surface area (Å²) in [6.45, 7) is 4.83. The summed E-state index contributed by atoms with van der Waals surface area (Å²) in [6.07, 6.45) is 10.1. The molecule has 8 aromatic carbocycles. The minimum atomic E-state index is -0.0829. The van der Waals surface area contributed by atoms with E-state index in [1.807, 2.05) is 0 Å². The van der Waals surface area contributed by atoms with Gasteiger partial charge in [-0.3, -0.25) is 0 Å². The smallest absolute Gasteiger partial charge is 0.0159 e. The molecule has 0 radical (unpaired) electrons. The number of fused-ring (bicyclic) bond motifs is 3. The van der Waals surface area contributed by atoms with Gasteiger partial charge in [0.2, 0.25) is 0 Å². The van der Waals surface area contributed by atoms with Gasteiger partial charge in [0.15, 0.2) is 0 Å². The van der Waals surface area contributed by atoms with E-state index < -0.39 is 0 Å². The van der Waals surface area contributed by atoms with E-state index in [4.69, 9.17) is 0 Å². The van der Waals surface area contributed by atoms with Gasteiger partial charge in [0.25, 0.3) is 0 Å². The highest BCUT2D eigenvalue weighted by Crippen LogP contribution is 2.51. The molecule has 48 heavy (non-hydrogen) atoms. The van der Waals surface area contributed by atoms with Crippen LogP contribution in [-0.2, 0) is 18.3 Å². The number of benzene rings is 8. The Bertz CT molecular complexity index is 2750. The van der Waals surface area contributed by atoms with Crippen molar-refractivity contribution in [2.24, 2.45) is 0 Å². The first kappa shape index (κ1) is 26.6. The maximum atomic E-state index is 2.50. The summed E-state index contributed by atoms with van der Waals surface area (Å²) in [5.41, 5.74) is 16.8. The molecular formula is C48H34. The summed E-state index contributed by atoms with van der Waals surface area (Å²) in [6, 6.07) is 44.4. The fourth-order valence-electron chi connectivity index (χ4n) is 9.51. The van der Waals surface area contributed by atoms with Crippen molar-refractivity contribution in [3.8, 4) is 22.3 Å². The monoisotopic (exact) mass is 610 g/mol. The standard InChI is InChI=1S/C48H34/c1-48(2)42-26-28(25-35-15-14-33-12-10-29-5-3-7-31-17-22-38(35)46(33)44(29)31)9-20-39(42)40-23-19-36(27-43(40)48)37-21-16-34-13-11-30-6-4-8-32-18-24-41(37)47(34)45(30)32/h3-5,7-12,14-24,26-27H,6,13,25H2,1-2H3. The zero-order chi connectivity index (χ0) is 31.7. The normalized spacial score (nSPS) is 15.4. The Morgan fingerprint density at radius 1 is 0.583 bits per heavy atom. The van der Waals surface area contributed by atoms with E-state index in [-0.39, 0.29) is 5.41 Å². The van der Waals surface area contributed by atoms with Crippen molar-refractivity contribution in [3.05, 3.63) is 166 Å². The molecule has 3 aliphatic rings. The second-order valence-corrected chi connectivity index (χ2v) is 14.8. The van der Waals surface area contributed by atoms with Crippen LogP contribution >= 0.6 is 0 Å². The van der Waals surface area contributed by atoms with Crippen LogP contribution < -0.4 is 0 Å². The Morgan fingerprint density at radius 3 is 2.19 bits per heavy atom. The number of allylic oxidation sites excluding steroid dienone is 3. The lowest BCUT2D eigenvalue weighted by atomic mass is 9.78. The quantitative estimate of drug-likeness (QED) is 0.175. The summed E-state index contributed by atoms with van der Waals surface area (Å²) in [5, 5.41) is 11.0. The van der Waals surface area contributed by atoms with Crippen LogP contribution in [0.1, 0.15) is 59.2 Å². The van der Waals surface area contributed by atoms with Crippen molar-refractivity contribution < 1.29 is 0 Å². The van der Waals surface area contributed by atoms with Crippen LogP contribution in [0.25, 0.3) is 77.0 Å². The first-order valence-electron chi connectivity index (χ1n) is 17.4. The maximum absolute atomic E-state index is 2.50. The van der Waals surface area contributed by atoms with Crippen LogP contribution in [0, 0.1) is 0 Å². The molecule has 0 aromatic heterocycles. The zero-order valence-corrected chi connectivity index (χ0v) is 27.3. The molecule has 0 N–H and O–H groups in total. The molecule has 0 saturated heterocycles. The van der Waals surface area contributed by atoms with E-state index in [1.54, 1.807) is 0 Å². The lowest BCUT2D eigenvalue weighted by molar-refractivity contribution is 0.659. The average Bonchev–Trinajstić information content (AvgIpc) is 3.35. The van der Waals surface area contributed by atoms with Crippen molar-refractivity contribution in [3.63, 3.8) is 0 Å². The molecule has 0 spiro atoms. The fraction of sp³-hybridized carbons (Fsp3) is 0.125. The molecule has 0 aliphatic heterocycles. The van der Waals surface area contributed by atoms with Gasteiger partial charge in [0.1, 0.15) is 0 Å². The van der Waals surface area contributed by atoms with Gasteiger partial charge in [-0.1, -0.05) is 141 Å². The van der Waals surface area contributed by atoms with Gasteiger partial charge in [-0.2, -0.15) is 0 Å². The Morgan fingerprint density at radius 2 is 1.31 bits per heavy atom. The maximum Gasteiger partial charge on any atom is 0.0159 e. The predicted octanol–water partition coefficient (Wildman–Crippen LogP) is 12.7.